The molecule has 0 atom stereocenters. The van der Waals surface area contributed by atoms with E-state index in [4.69, 9.17) is 9.47 Å². The molecule has 4 heteroatoms. The van der Waals surface area contributed by atoms with Gasteiger partial charge in [0.15, 0.2) is 17.3 Å². The van der Waals surface area contributed by atoms with Crippen molar-refractivity contribution >= 4 is 0 Å². The van der Waals surface area contributed by atoms with Gasteiger partial charge in [0, 0.05) is 0 Å². The molecule has 4 nitrogen and oxygen atoms in total. The van der Waals surface area contributed by atoms with Crippen molar-refractivity contribution in [2.24, 2.45) is 0 Å². The van der Waals surface area contributed by atoms with Gasteiger partial charge in [-0.05, 0) is 31.9 Å². The molecular weight excluding hydrogens is 232 g/mol. The Balaban J connectivity index is 3.03. The van der Waals surface area contributed by atoms with Gasteiger partial charge in [0.1, 0.15) is 0 Å². The normalized spacial score (nSPS) is 11.7. The summed E-state index contributed by atoms with van der Waals surface area (Å²) in [5, 5.41) is 19.5. The van der Waals surface area contributed by atoms with Crippen molar-refractivity contribution in [1.82, 2.24) is 0 Å². The largest absolute Gasteiger partial charge is 0.504 e. The summed E-state index contributed by atoms with van der Waals surface area (Å²) in [6.07, 6.45) is 1.70. The molecule has 0 bridgehead atoms. The van der Waals surface area contributed by atoms with E-state index in [2.05, 4.69) is 0 Å². The molecular formula is C14H22O4. The lowest BCUT2D eigenvalue weighted by Gasteiger charge is -2.31. The van der Waals surface area contributed by atoms with Gasteiger partial charge in [-0.1, -0.05) is 19.9 Å². The van der Waals surface area contributed by atoms with Gasteiger partial charge in [-0.15, -0.1) is 0 Å². The van der Waals surface area contributed by atoms with Crippen molar-refractivity contribution in [2.75, 3.05) is 13.2 Å². The van der Waals surface area contributed by atoms with E-state index in [0.29, 0.717) is 18.8 Å². The standard InChI is InChI=1S/C14H22O4/c1-4-9-17-14(3,18-10-5-2)11-7-6-8-12(15)13(11)16/h6-8,15-16H,4-5,9-10H2,1-3H3. The maximum absolute atomic E-state index is 9.92. The van der Waals surface area contributed by atoms with Gasteiger partial charge in [-0.2, -0.15) is 0 Å². The fourth-order valence-electron chi connectivity index (χ4n) is 1.69. The van der Waals surface area contributed by atoms with Gasteiger partial charge in [-0.25, -0.2) is 0 Å². The zero-order valence-corrected chi connectivity index (χ0v) is 11.3. The number of para-hydroxylation sites is 1. The first-order valence-electron chi connectivity index (χ1n) is 6.34. The van der Waals surface area contributed by atoms with E-state index in [1.165, 1.54) is 6.07 Å². The second-order valence-corrected chi connectivity index (χ2v) is 4.32. The second kappa shape index (κ2) is 6.61. The minimum absolute atomic E-state index is 0.168. The summed E-state index contributed by atoms with van der Waals surface area (Å²) in [5.41, 5.74) is 0.449. The predicted octanol–water partition coefficient (Wildman–Crippen LogP) is 3.12. The Bertz CT molecular complexity index is 368. The van der Waals surface area contributed by atoms with E-state index in [0.717, 1.165) is 12.8 Å². The number of benzene rings is 1. The molecule has 2 N–H and O–H groups in total. The Morgan fingerprint density at radius 1 is 1.06 bits per heavy atom. The molecule has 0 unspecified atom stereocenters. The van der Waals surface area contributed by atoms with Gasteiger partial charge in [0.25, 0.3) is 0 Å². The lowest BCUT2D eigenvalue weighted by atomic mass is 10.1. The quantitative estimate of drug-likeness (QED) is 0.580. The Labute approximate surface area is 108 Å². The SMILES string of the molecule is CCCOC(C)(OCCC)c1cccc(O)c1O. The van der Waals surface area contributed by atoms with E-state index >= 15 is 0 Å². The first-order chi connectivity index (χ1) is 8.55. The van der Waals surface area contributed by atoms with Crippen molar-refractivity contribution < 1.29 is 19.7 Å². The van der Waals surface area contributed by atoms with Crippen molar-refractivity contribution in [3.05, 3.63) is 23.8 Å². The lowest BCUT2D eigenvalue weighted by molar-refractivity contribution is -0.235. The van der Waals surface area contributed by atoms with Crippen LogP contribution in [0.25, 0.3) is 0 Å². The van der Waals surface area contributed by atoms with Gasteiger partial charge < -0.3 is 19.7 Å². The predicted molar refractivity (Wildman–Crippen MR) is 69.6 cm³/mol. The number of phenols is 2. The molecule has 1 aromatic rings. The number of phenolic OH excluding ortho intramolecular Hbond substituents is 2. The van der Waals surface area contributed by atoms with Crippen LogP contribution in [0.4, 0.5) is 0 Å². The van der Waals surface area contributed by atoms with E-state index in [1.807, 2.05) is 13.8 Å². The molecule has 0 aliphatic heterocycles. The molecule has 1 aromatic carbocycles. The third-order valence-electron chi connectivity index (χ3n) is 2.67. The van der Waals surface area contributed by atoms with E-state index in [-0.39, 0.29) is 11.5 Å². The van der Waals surface area contributed by atoms with Crippen LogP contribution in [0.2, 0.25) is 0 Å². The van der Waals surface area contributed by atoms with Gasteiger partial charge in [0.05, 0.1) is 18.8 Å². The van der Waals surface area contributed by atoms with Crippen LogP contribution in [0.3, 0.4) is 0 Å². The minimum atomic E-state index is -1.03. The number of aromatic hydroxyl groups is 2. The number of hydrogen-bond donors (Lipinski definition) is 2. The van der Waals surface area contributed by atoms with Crippen LogP contribution in [-0.2, 0) is 15.3 Å². The molecule has 0 aliphatic rings. The summed E-state index contributed by atoms with van der Waals surface area (Å²) in [6.45, 7) is 6.81. The Kier molecular flexibility index (Phi) is 5.44. The average Bonchev–Trinajstić information content (AvgIpc) is 2.37. The number of rotatable bonds is 7. The average molecular weight is 254 g/mol. The molecule has 102 valence electrons. The van der Waals surface area contributed by atoms with Crippen molar-refractivity contribution in [3.8, 4) is 11.5 Å². The zero-order valence-electron chi connectivity index (χ0n) is 11.3. The summed E-state index contributed by atoms with van der Waals surface area (Å²) < 4.78 is 11.4. The summed E-state index contributed by atoms with van der Waals surface area (Å²) in [7, 11) is 0. The topological polar surface area (TPSA) is 58.9 Å². The molecule has 0 spiro atoms. The third kappa shape index (κ3) is 3.37. The van der Waals surface area contributed by atoms with Crippen LogP contribution in [0, 0.1) is 0 Å². The summed E-state index contributed by atoms with van der Waals surface area (Å²) >= 11 is 0. The van der Waals surface area contributed by atoms with E-state index < -0.39 is 5.79 Å². The molecule has 0 saturated carbocycles. The zero-order chi connectivity index (χ0) is 13.6. The summed E-state index contributed by atoms with van der Waals surface area (Å²) in [4.78, 5) is 0. The van der Waals surface area contributed by atoms with Crippen molar-refractivity contribution in [3.63, 3.8) is 0 Å². The number of hydrogen-bond acceptors (Lipinski definition) is 4. The van der Waals surface area contributed by atoms with E-state index in [1.54, 1.807) is 19.1 Å². The van der Waals surface area contributed by atoms with Gasteiger partial charge >= 0.3 is 0 Å². The first-order valence-corrected chi connectivity index (χ1v) is 6.34. The first kappa shape index (κ1) is 14.8. The lowest BCUT2D eigenvalue weighted by Crippen LogP contribution is -2.30. The highest BCUT2D eigenvalue weighted by atomic mass is 16.7. The molecule has 0 aromatic heterocycles. The highest BCUT2D eigenvalue weighted by molar-refractivity contribution is 5.46. The smallest absolute Gasteiger partial charge is 0.195 e. The third-order valence-corrected chi connectivity index (χ3v) is 2.67. The Hall–Kier alpha value is -1.26. The Morgan fingerprint density at radius 3 is 2.11 bits per heavy atom. The molecule has 0 aliphatic carbocycles. The fraction of sp³-hybridized carbons (Fsp3) is 0.571. The van der Waals surface area contributed by atoms with Crippen LogP contribution in [0.15, 0.2) is 18.2 Å². The summed E-state index contributed by atoms with van der Waals surface area (Å²) in [5.74, 6) is -1.39. The van der Waals surface area contributed by atoms with Crippen molar-refractivity contribution in [1.29, 1.82) is 0 Å². The molecule has 18 heavy (non-hydrogen) atoms. The molecule has 1 rings (SSSR count). The highest BCUT2D eigenvalue weighted by Gasteiger charge is 2.32. The van der Waals surface area contributed by atoms with Gasteiger partial charge in [-0.3, -0.25) is 0 Å². The molecule has 0 radical (unpaired) electrons. The van der Waals surface area contributed by atoms with Crippen LogP contribution >= 0.6 is 0 Å². The maximum Gasteiger partial charge on any atom is 0.195 e. The van der Waals surface area contributed by atoms with Crippen LogP contribution in [0.1, 0.15) is 39.2 Å². The highest BCUT2D eigenvalue weighted by Crippen LogP contribution is 2.38. The van der Waals surface area contributed by atoms with Crippen molar-refractivity contribution in [2.45, 2.75) is 39.4 Å². The number of ether oxygens (including phenoxy) is 2. The second-order valence-electron chi connectivity index (χ2n) is 4.32. The summed E-state index contributed by atoms with van der Waals surface area (Å²) in [6, 6.07) is 4.78. The molecule has 0 heterocycles. The van der Waals surface area contributed by atoms with E-state index in [9.17, 15) is 10.2 Å². The fourth-order valence-corrected chi connectivity index (χ4v) is 1.69. The van der Waals surface area contributed by atoms with Crippen LogP contribution in [0.5, 0.6) is 11.5 Å². The van der Waals surface area contributed by atoms with Crippen LogP contribution in [-0.4, -0.2) is 23.4 Å². The molecule has 0 saturated heterocycles. The van der Waals surface area contributed by atoms with Crippen LogP contribution < -0.4 is 0 Å². The van der Waals surface area contributed by atoms with Gasteiger partial charge in [0.2, 0.25) is 0 Å². The molecule has 0 amide bonds. The monoisotopic (exact) mass is 254 g/mol. The molecule has 0 fully saturated rings. The maximum atomic E-state index is 9.92. The Morgan fingerprint density at radius 2 is 1.61 bits per heavy atom. The minimum Gasteiger partial charge on any atom is -0.504 e.